The highest BCUT2D eigenvalue weighted by molar-refractivity contribution is 7.89. The lowest BCUT2D eigenvalue weighted by atomic mass is 9.98. The fourth-order valence-electron chi connectivity index (χ4n) is 6.36. The van der Waals surface area contributed by atoms with Crippen molar-refractivity contribution in [3.63, 3.8) is 0 Å². The number of rotatable bonds is 15. The van der Waals surface area contributed by atoms with Crippen LogP contribution in [-0.2, 0) is 30.7 Å². The number of benzene rings is 2. The van der Waals surface area contributed by atoms with Crippen LogP contribution in [0.3, 0.4) is 0 Å². The number of hydrogen-bond donors (Lipinski definition) is 4. The summed E-state index contributed by atoms with van der Waals surface area (Å²) in [4.78, 5) is 17.9. The number of halogens is 2. The smallest absolute Gasteiger partial charge is 0.407 e. The molecule has 0 spiro atoms. The van der Waals surface area contributed by atoms with E-state index < -0.39 is 58.8 Å². The Bertz CT molecular complexity index is 1720. The van der Waals surface area contributed by atoms with E-state index in [0.29, 0.717) is 29.4 Å². The maximum Gasteiger partial charge on any atom is 0.407 e. The third kappa shape index (κ3) is 8.67. The molecule has 49 heavy (non-hydrogen) atoms. The average Bonchev–Trinajstić information content (AvgIpc) is 3.41. The number of alkyl carbamates (subject to hydrolysis) is 1. The summed E-state index contributed by atoms with van der Waals surface area (Å²) in [5.41, 5.74) is 0.833. The summed E-state index contributed by atoms with van der Waals surface area (Å²) in [7, 11) is -4.14. The topological polar surface area (TPSA) is 151 Å². The van der Waals surface area contributed by atoms with Crippen LogP contribution in [0.2, 0.25) is 0 Å². The van der Waals surface area contributed by atoms with Gasteiger partial charge in [0.2, 0.25) is 10.0 Å². The number of amides is 1. The predicted molar refractivity (Wildman–Crippen MR) is 180 cm³/mol. The van der Waals surface area contributed by atoms with E-state index in [-0.39, 0.29) is 47.9 Å². The molecular weight excluding hydrogens is 681 g/mol. The Morgan fingerprint density at radius 3 is 2.55 bits per heavy atom. The number of fused-ring (bicyclic) bond motifs is 2. The quantitative estimate of drug-likeness (QED) is 0.182. The van der Waals surface area contributed by atoms with Crippen LogP contribution >= 0.6 is 11.3 Å². The Labute approximate surface area is 288 Å². The molecule has 2 aromatic carbocycles. The molecule has 3 heterocycles. The van der Waals surface area contributed by atoms with Crippen molar-refractivity contribution >= 4 is 42.8 Å². The third-order valence-corrected chi connectivity index (χ3v) is 11.6. The molecule has 0 radical (unpaired) electrons. The van der Waals surface area contributed by atoms with Crippen LogP contribution in [-0.4, -0.2) is 98.4 Å². The van der Waals surface area contributed by atoms with Crippen LogP contribution in [0.1, 0.15) is 39.2 Å². The fraction of sp³-hybridized carbons (Fsp3) is 0.576. The van der Waals surface area contributed by atoms with E-state index in [1.807, 2.05) is 20.8 Å². The number of aliphatic hydroxyl groups excluding tert-OH is 1. The van der Waals surface area contributed by atoms with Crippen molar-refractivity contribution in [3.05, 3.63) is 53.6 Å². The maximum atomic E-state index is 14.2. The number of ether oxygens (including phenoxy) is 3. The second-order valence-electron chi connectivity index (χ2n) is 13.3. The Kier molecular flexibility index (Phi) is 11.0. The Morgan fingerprint density at radius 1 is 1.12 bits per heavy atom. The van der Waals surface area contributed by atoms with Crippen LogP contribution < -0.4 is 16.0 Å². The molecule has 268 valence electrons. The first kappa shape index (κ1) is 35.8. The first-order chi connectivity index (χ1) is 23.4. The fourth-order valence-corrected chi connectivity index (χ4v) is 9.06. The number of aliphatic hydroxyl groups is 1. The van der Waals surface area contributed by atoms with Crippen molar-refractivity contribution in [2.24, 2.45) is 11.8 Å². The molecule has 3 aliphatic rings. The van der Waals surface area contributed by atoms with Crippen molar-refractivity contribution in [1.29, 1.82) is 0 Å². The molecule has 12 nitrogen and oxygen atoms in total. The lowest BCUT2D eigenvalue weighted by Gasteiger charge is -2.31. The number of nitrogens with one attached hydrogen (secondary N) is 3. The van der Waals surface area contributed by atoms with Gasteiger partial charge in [-0.25, -0.2) is 27.0 Å². The number of aromatic nitrogens is 1. The van der Waals surface area contributed by atoms with Gasteiger partial charge >= 0.3 is 6.09 Å². The minimum atomic E-state index is -4.14. The van der Waals surface area contributed by atoms with Crippen LogP contribution in [0.15, 0.2) is 41.3 Å². The SMILES string of the molecule is CCNC1CO[C@@H]2OC[C@H](OC(=O)N[C@@H](Cc3cc(F)cc(F)c3)[C@H](O)CN(CC(C)C)S(=O)(=O)c3ccc4nc(NC5CC5)sc4c3)[C@H]12. The minimum Gasteiger partial charge on any atom is -0.443 e. The molecule has 2 aliphatic heterocycles. The molecule has 6 atom stereocenters. The van der Waals surface area contributed by atoms with Gasteiger partial charge in [-0.15, -0.1) is 0 Å². The van der Waals surface area contributed by atoms with Gasteiger partial charge in [-0.2, -0.15) is 4.31 Å². The molecule has 6 rings (SSSR count). The molecule has 4 N–H and O–H groups in total. The first-order valence-corrected chi connectivity index (χ1v) is 18.9. The van der Waals surface area contributed by atoms with Gasteiger partial charge in [0.05, 0.1) is 46.4 Å². The monoisotopic (exact) mass is 723 g/mol. The van der Waals surface area contributed by atoms with E-state index in [4.69, 9.17) is 14.2 Å². The van der Waals surface area contributed by atoms with Crippen molar-refractivity contribution < 1.29 is 41.3 Å². The number of carbonyl (C=O) groups excluding carboxylic acids is 1. The minimum absolute atomic E-state index is 0.0374. The summed E-state index contributed by atoms with van der Waals surface area (Å²) >= 11 is 1.37. The van der Waals surface area contributed by atoms with Gasteiger partial charge in [0.1, 0.15) is 17.7 Å². The van der Waals surface area contributed by atoms with Gasteiger partial charge in [-0.3, -0.25) is 0 Å². The Balaban J connectivity index is 1.22. The Morgan fingerprint density at radius 2 is 1.86 bits per heavy atom. The summed E-state index contributed by atoms with van der Waals surface area (Å²) in [6.07, 6.45) is -1.62. The molecule has 16 heteroatoms. The van der Waals surface area contributed by atoms with E-state index in [1.165, 1.54) is 21.7 Å². The number of thiazole rings is 1. The van der Waals surface area contributed by atoms with Crippen LogP contribution in [0.25, 0.3) is 10.2 Å². The molecule has 2 saturated heterocycles. The standard InChI is InChI=1S/C33H43F2N5O7S2/c1-4-36-26-16-45-31-30(26)28(17-46-31)47-33(42)39-25(11-19-9-20(34)12-21(35)10-19)27(41)15-40(14-18(2)3)49(43,44)23-7-8-24-29(13-23)48-32(38-24)37-22-5-6-22/h7-10,12-13,18,22,25-28,30-31,36,41H,4-6,11,14-17H2,1-3H3,(H,37,38)(H,39,42)/t25-,26?,27+,28-,30-,31+/m0/s1. The molecule has 0 bridgehead atoms. The Hall–Kier alpha value is -2.99. The van der Waals surface area contributed by atoms with Crippen molar-refractivity contribution in [3.8, 4) is 0 Å². The van der Waals surface area contributed by atoms with E-state index in [0.717, 1.165) is 36.2 Å². The second kappa shape index (κ2) is 15.1. The van der Waals surface area contributed by atoms with Gasteiger partial charge in [0.15, 0.2) is 11.4 Å². The highest BCUT2D eigenvalue weighted by Crippen LogP contribution is 2.34. The lowest BCUT2D eigenvalue weighted by Crippen LogP contribution is -2.52. The number of anilines is 1. The summed E-state index contributed by atoms with van der Waals surface area (Å²) < 4.78 is 75.5. The van der Waals surface area contributed by atoms with E-state index >= 15 is 0 Å². The van der Waals surface area contributed by atoms with Crippen molar-refractivity contribution in [2.45, 2.75) is 81.6 Å². The lowest BCUT2D eigenvalue weighted by molar-refractivity contribution is -0.0908. The number of hydrogen-bond acceptors (Lipinski definition) is 11. The maximum absolute atomic E-state index is 14.2. The summed E-state index contributed by atoms with van der Waals surface area (Å²) in [6.45, 7) is 6.49. The molecule has 3 fully saturated rings. The zero-order valence-electron chi connectivity index (χ0n) is 27.6. The molecule has 1 aliphatic carbocycles. The number of carbonyl (C=O) groups is 1. The van der Waals surface area contributed by atoms with Crippen molar-refractivity contribution in [2.75, 3.05) is 38.2 Å². The molecule has 3 aromatic rings. The van der Waals surface area contributed by atoms with Crippen LogP contribution in [0.4, 0.5) is 18.7 Å². The summed E-state index contributed by atoms with van der Waals surface area (Å²) in [6, 6.07) is 6.77. The highest BCUT2D eigenvalue weighted by atomic mass is 32.2. The van der Waals surface area contributed by atoms with E-state index in [9.17, 15) is 27.1 Å². The van der Waals surface area contributed by atoms with Gasteiger partial charge in [-0.1, -0.05) is 32.1 Å². The predicted octanol–water partition coefficient (Wildman–Crippen LogP) is 3.84. The number of likely N-dealkylation sites (N-methyl/N-ethyl adjacent to an activating group) is 1. The summed E-state index contributed by atoms with van der Waals surface area (Å²) in [5, 5.41) is 21.6. The van der Waals surface area contributed by atoms with Crippen molar-refractivity contribution in [1.82, 2.24) is 19.9 Å². The zero-order chi connectivity index (χ0) is 34.9. The van der Waals surface area contributed by atoms with Gasteiger partial charge in [-0.05, 0) is 67.6 Å². The third-order valence-electron chi connectivity index (χ3n) is 8.81. The average molecular weight is 724 g/mol. The number of nitrogens with zero attached hydrogens (tertiary/aromatic N) is 2. The molecule has 1 unspecified atom stereocenters. The largest absolute Gasteiger partial charge is 0.443 e. The zero-order valence-corrected chi connectivity index (χ0v) is 29.2. The van der Waals surface area contributed by atoms with Crippen LogP contribution in [0, 0.1) is 23.5 Å². The van der Waals surface area contributed by atoms with Gasteiger partial charge in [0, 0.05) is 31.2 Å². The normalized spacial score (nSPS) is 23.6. The molecule has 1 aromatic heterocycles. The van der Waals surface area contributed by atoms with E-state index in [1.54, 1.807) is 12.1 Å². The molecule has 1 amide bonds. The summed E-state index contributed by atoms with van der Waals surface area (Å²) in [5.74, 6) is -2.03. The molecular formula is C33H43F2N5O7S2. The molecule has 1 saturated carbocycles. The van der Waals surface area contributed by atoms with Gasteiger partial charge < -0.3 is 35.3 Å². The van der Waals surface area contributed by atoms with E-state index in [2.05, 4.69) is 20.9 Å². The number of sulfonamides is 1. The van der Waals surface area contributed by atoms with Gasteiger partial charge in [0.25, 0.3) is 0 Å². The highest BCUT2D eigenvalue weighted by Gasteiger charge is 2.49. The first-order valence-electron chi connectivity index (χ1n) is 16.6. The second-order valence-corrected chi connectivity index (χ2v) is 16.3. The van der Waals surface area contributed by atoms with Crippen LogP contribution in [0.5, 0.6) is 0 Å².